The van der Waals surface area contributed by atoms with Crippen LogP contribution in [0.1, 0.15) is 26.2 Å². The summed E-state index contributed by atoms with van der Waals surface area (Å²) in [5, 5.41) is 0. The van der Waals surface area contributed by atoms with E-state index in [2.05, 4.69) is 6.92 Å². The highest BCUT2D eigenvalue weighted by atomic mass is 35.5. The van der Waals surface area contributed by atoms with E-state index in [1.54, 1.807) is 0 Å². The first-order valence-corrected chi connectivity index (χ1v) is 3.98. The van der Waals surface area contributed by atoms with Gasteiger partial charge in [0, 0.05) is 5.88 Å². The fraction of sp³-hybridized carbons (Fsp3) is 1.00. The van der Waals surface area contributed by atoms with Crippen molar-refractivity contribution in [3.63, 3.8) is 0 Å². The van der Waals surface area contributed by atoms with E-state index < -0.39 is 0 Å². The smallest absolute Gasteiger partial charge is 0.0226 e. The summed E-state index contributed by atoms with van der Waals surface area (Å²) in [4.78, 5) is 0. The van der Waals surface area contributed by atoms with Crippen LogP contribution >= 0.6 is 11.6 Å². The van der Waals surface area contributed by atoms with Gasteiger partial charge in [0.05, 0.1) is 0 Å². The molecule has 1 aliphatic carbocycles. The highest BCUT2D eigenvalue weighted by Crippen LogP contribution is 2.43. The standard InChI is InChI=1S/C7H13Cl/c1-2-6-5-7(6)3-4-8/h6-7H,2-5H2,1H3. The van der Waals surface area contributed by atoms with Crippen molar-refractivity contribution in [3.8, 4) is 0 Å². The van der Waals surface area contributed by atoms with Gasteiger partial charge in [-0.3, -0.25) is 0 Å². The zero-order valence-electron chi connectivity index (χ0n) is 5.36. The Hall–Kier alpha value is 0.290. The van der Waals surface area contributed by atoms with Gasteiger partial charge in [-0.1, -0.05) is 13.3 Å². The zero-order chi connectivity index (χ0) is 5.98. The molecule has 1 rings (SSSR count). The van der Waals surface area contributed by atoms with Crippen LogP contribution in [0.4, 0.5) is 0 Å². The summed E-state index contributed by atoms with van der Waals surface area (Å²) in [7, 11) is 0. The van der Waals surface area contributed by atoms with E-state index >= 15 is 0 Å². The van der Waals surface area contributed by atoms with Crippen molar-refractivity contribution in [3.05, 3.63) is 0 Å². The summed E-state index contributed by atoms with van der Waals surface area (Å²) in [6, 6.07) is 0. The van der Waals surface area contributed by atoms with Crippen LogP contribution in [0.5, 0.6) is 0 Å². The van der Waals surface area contributed by atoms with E-state index in [0.717, 1.165) is 17.7 Å². The molecular weight excluding hydrogens is 120 g/mol. The molecule has 0 nitrogen and oxygen atoms in total. The lowest BCUT2D eigenvalue weighted by Gasteiger charge is -1.88. The first-order valence-electron chi connectivity index (χ1n) is 3.44. The van der Waals surface area contributed by atoms with Crippen molar-refractivity contribution < 1.29 is 0 Å². The molecule has 8 heavy (non-hydrogen) atoms. The summed E-state index contributed by atoms with van der Waals surface area (Å²) >= 11 is 5.56. The lowest BCUT2D eigenvalue weighted by atomic mass is 10.2. The quantitative estimate of drug-likeness (QED) is 0.518. The minimum atomic E-state index is 0.862. The van der Waals surface area contributed by atoms with Crippen LogP contribution in [-0.2, 0) is 0 Å². The Morgan fingerprint density at radius 3 is 2.62 bits per heavy atom. The number of halogens is 1. The Bertz CT molecular complexity index is 70.8. The van der Waals surface area contributed by atoms with Crippen LogP contribution in [0.15, 0.2) is 0 Å². The summed E-state index contributed by atoms with van der Waals surface area (Å²) < 4.78 is 0. The molecule has 1 aliphatic rings. The van der Waals surface area contributed by atoms with Crippen molar-refractivity contribution in [1.29, 1.82) is 0 Å². The molecule has 0 spiro atoms. The van der Waals surface area contributed by atoms with Crippen molar-refractivity contribution in [2.75, 3.05) is 5.88 Å². The highest BCUT2D eigenvalue weighted by molar-refractivity contribution is 6.17. The molecule has 2 unspecified atom stereocenters. The fourth-order valence-corrected chi connectivity index (χ4v) is 1.58. The first kappa shape index (κ1) is 6.41. The molecule has 0 saturated heterocycles. The number of hydrogen-bond donors (Lipinski definition) is 0. The van der Waals surface area contributed by atoms with Crippen molar-refractivity contribution >= 4 is 11.6 Å². The van der Waals surface area contributed by atoms with Crippen molar-refractivity contribution in [2.24, 2.45) is 11.8 Å². The third-order valence-corrected chi connectivity index (χ3v) is 2.29. The molecule has 0 N–H and O–H groups in total. The van der Waals surface area contributed by atoms with Gasteiger partial charge < -0.3 is 0 Å². The minimum absolute atomic E-state index is 0.862. The van der Waals surface area contributed by atoms with Crippen molar-refractivity contribution in [2.45, 2.75) is 26.2 Å². The molecule has 1 fully saturated rings. The Morgan fingerprint density at radius 2 is 2.25 bits per heavy atom. The molecule has 0 heterocycles. The van der Waals surface area contributed by atoms with Crippen LogP contribution in [0, 0.1) is 11.8 Å². The average Bonchev–Trinajstić information content (AvgIpc) is 2.48. The molecule has 1 heteroatoms. The Kier molecular flexibility index (Phi) is 2.18. The van der Waals surface area contributed by atoms with Crippen LogP contribution in [0.25, 0.3) is 0 Å². The molecule has 0 bridgehead atoms. The van der Waals surface area contributed by atoms with Crippen LogP contribution in [-0.4, -0.2) is 5.88 Å². The number of hydrogen-bond acceptors (Lipinski definition) is 0. The molecular formula is C7H13Cl. The molecule has 48 valence electrons. The first-order chi connectivity index (χ1) is 3.88. The number of rotatable bonds is 3. The number of alkyl halides is 1. The topological polar surface area (TPSA) is 0 Å². The third-order valence-electron chi connectivity index (χ3n) is 2.07. The molecule has 0 radical (unpaired) electrons. The van der Waals surface area contributed by atoms with Gasteiger partial charge >= 0.3 is 0 Å². The maximum absolute atomic E-state index is 5.56. The molecule has 1 saturated carbocycles. The Labute approximate surface area is 56.2 Å². The van der Waals surface area contributed by atoms with E-state index in [1.807, 2.05) is 0 Å². The second kappa shape index (κ2) is 2.72. The van der Waals surface area contributed by atoms with Gasteiger partial charge in [0.25, 0.3) is 0 Å². The summed E-state index contributed by atoms with van der Waals surface area (Å²) in [6.45, 7) is 2.26. The summed E-state index contributed by atoms with van der Waals surface area (Å²) in [6.07, 6.45) is 4.06. The van der Waals surface area contributed by atoms with E-state index in [9.17, 15) is 0 Å². The fourth-order valence-electron chi connectivity index (χ4n) is 1.30. The predicted molar refractivity (Wildman–Crippen MR) is 37.2 cm³/mol. The maximum atomic E-state index is 5.56. The predicted octanol–water partition coefficient (Wildman–Crippen LogP) is 2.66. The molecule has 0 amide bonds. The van der Waals surface area contributed by atoms with Gasteiger partial charge in [-0.25, -0.2) is 0 Å². The zero-order valence-corrected chi connectivity index (χ0v) is 6.12. The monoisotopic (exact) mass is 132 g/mol. The minimum Gasteiger partial charge on any atom is -0.127 e. The normalized spacial score (nSPS) is 35.2. The van der Waals surface area contributed by atoms with Crippen LogP contribution in [0.3, 0.4) is 0 Å². The van der Waals surface area contributed by atoms with Gasteiger partial charge in [0.15, 0.2) is 0 Å². The van der Waals surface area contributed by atoms with Gasteiger partial charge in [-0.2, -0.15) is 0 Å². The lowest BCUT2D eigenvalue weighted by molar-refractivity contribution is 0.666. The van der Waals surface area contributed by atoms with Gasteiger partial charge in [-0.05, 0) is 24.7 Å². The Balaban J connectivity index is 1.99. The Morgan fingerprint density at radius 1 is 1.50 bits per heavy atom. The molecule has 0 aliphatic heterocycles. The average molecular weight is 133 g/mol. The summed E-state index contributed by atoms with van der Waals surface area (Å²) in [5.74, 6) is 2.90. The van der Waals surface area contributed by atoms with E-state index in [-0.39, 0.29) is 0 Å². The van der Waals surface area contributed by atoms with Crippen LogP contribution < -0.4 is 0 Å². The SMILES string of the molecule is CCC1CC1CCCl. The second-order valence-corrected chi connectivity index (χ2v) is 3.02. The van der Waals surface area contributed by atoms with Gasteiger partial charge in [0.2, 0.25) is 0 Å². The second-order valence-electron chi connectivity index (χ2n) is 2.64. The maximum Gasteiger partial charge on any atom is 0.0226 e. The lowest BCUT2D eigenvalue weighted by Crippen LogP contribution is -1.80. The van der Waals surface area contributed by atoms with E-state index in [1.165, 1.54) is 19.3 Å². The molecule has 0 aromatic heterocycles. The highest BCUT2D eigenvalue weighted by Gasteiger charge is 2.33. The van der Waals surface area contributed by atoms with E-state index in [0.29, 0.717) is 0 Å². The largest absolute Gasteiger partial charge is 0.127 e. The molecule has 0 aromatic carbocycles. The third kappa shape index (κ3) is 1.38. The van der Waals surface area contributed by atoms with Gasteiger partial charge in [0.1, 0.15) is 0 Å². The summed E-state index contributed by atoms with van der Waals surface area (Å²) in [5.41, 5.74) is 0. The van der Waals surface area contributed by atoms with E-state index in [4.69, 9.17) is 11.6 Å². The van der Waals surface area contributed by atoms with Gasteiger partial charge in [-0.15, -0.1) is 11.6 Å². The van der Waals surface area contributed by atoms with Crippen LogP contribution in [0.2, 0.25) is 0 Å². The molecule has 0 aromatic rings. The van der Waals surface area contributed by atoms with Crippen molar-refractivity contribution in [1.82, 2.24) is 0 Å². The molecule has 2 atom stereocenters.